The molecule has 0 bridgehead atoms. The van der Waals surface area contributed by atoms with Crippen LogP contribution < -0.4 is 21.1 Å². The van der Waals surface area contributed by atoms with Gasteiger partial charge in [0.2, 0.25) is 11.8 Å². The number of nitrogens with one attached hydrogen (secondary N) is 2. The van der Waals surface area contributed by atoms with Crippen LogP contribution in [0.1, 0.15) is 24.0 Å². The van der Waals surface area contributed by atoms with Crippen molar-refractivity contribution in [2.45, 2.75) is 19.8 Å². The van der Waals surface area contributed by atoms with Crippen LogP contribution in [0, 0.1) is 24.6 Å². The maximum Gasteiger partial charge on any atom is 0.237 e. The molecule has 6 rings (SSSR count). The molecule has 1 aliphatic heterocycles. The van der Waals surface area contributed by atoms with Crippen LogP contribution >= 0.6 is 0 Å². The number of anilines is 3. The summed E-state index contributed by atoms with van der Waals surface area (Å²) in [7, 11) is 1.86. The summed E-state index contributed by atoms with van der Waals surface area (Å²) >= 11 is 0. The van der Waals surface area contributed by atoms with Crippen LogP contribution in [0.15, 0.2) is 36.9 Å². The predicted octanol–water partition coefficient (Wildman–Crippen LogP) is 3.85. The van der Waals surface area contributed by atoms with Crippen LogP contribution in [0.3, 0.4) is 0 Å². The Morgan fingerprint density at radius 2 is 2.08 bits per heavy atom. The molecule has 1 unspecified atom stereocenters. The van der Waals surface area contributed by atoms with E-state index in [1.807, 2.05) is 20.2 Å². The number of halogens is 1. The first-order chi connectivity index (χ1) is 17.3. The number of aryl methyl sites for hydroxylation is 1. The first-order valence-corrected chi connectivity index (χ1v) is 11.9. The molecule has 3 aromatic heterocycles. The first-order valence-electron chi connectivity index (χ1n) is 11.9. The van der Waals surface area contributed by atoms with Gasteiger partial charge in [0, 0.05) is 60.5 Å². The molecule has 1 aliphatic carbocycles. The zero-order valence-corrected chi connectivity index (χ0v) is 20.2. The molecule has 1 saturated carbocycles. The van der Waals surface area contributed by atoms with Crippen molar-refractivity contribution in [1.29, 1.82) is 0 Å². The zero-order chi connectivity index (χ0) is 25.1. The average molecular weight is 488 g/mol. The number of benzene rings is 1. The van der Waals surface area contributed by atoms with Gasteiger partial charge in [-0.1, -0.05) is 6.92 Å². The highest BCUT2D eigenvalue weighted by molar-refractivity contribution is 6.01. The van der Waals surface area contributed by atoms with Crippen molar-refractivity contribution in [3.63, 3.8) is 0 Å². The minimum Gasteiger partial charge on any atom is -0.474 e. The molecule has 3 atom stereocenters. The Labute approximate surface area is 206 Å². The molecule has 36 heavy (non-hydrogen) atoms. The zero-order valence-electron chi connectivity index (χ0n) is 20.2. The van der Waals surface area contributed by atoms with Crippen LogP contribution in [-0.4, -0.2) is 38.8 Å². The second kappa shape index (κ2) is 8.18. The maximum atomic E-state index is 15.4. The second-order valence-corrected chi connectivity index (χ2v) is 9.54. The fourth-order valence-electron chi connectivity index (χ4n) is 5.25. The summed E-state index contributed by atoms with van der Waals surface area (Å²) in [6.45, 7) is 5.13. The Kier molecular flexibility index (Phi) is 5.06. The molecule has 4 aromatic rings. The number of hydrogen-bond donors (Lipinski definition) is 3. The largest absolute Gasteiger partial charge is 0.474 e. The summed E-state index contributed by atoms with van der Waals surface area (Å²) in [5.74, 6) is 0.455. The van der Waals surface area contributed by atoms with Gasteiger partial charge in [-0.2, -0.15) is 5.10 Å². The summed E-state index contributed by atoms with van der Waals surface area (Å²) < 4.78 is 22.7. The van der Waals surface area contributed by atoms with Crippen LogP contribution in [-0.2, 0) is 11.8 Å². The molecule has 4 N–H and O–H groups in total. The van der Waals surface area contributed by atoms with Crippen molar-refractivity contribution < 1.29 is 13.9 Å². The van der Waals surface area contributed by atoms with E-state index in [1.54, 1.807) is 29.2 Å². The highest BCUT2D eigenvalue weighted by Crippen LogP contribution is 2.54. The van der Waals surface area contributed by atoms with Gasteiger partial charge in [0.15, 0.2) is 5.82 Å². The van der Waals surface area contributed by atoms with Crippen molar-refractivity contribution >= 4 is 33.9 Å². The lowest BCUT2D eigenvalue weighted by atomic mass is 9.97. The van der Waals surface area contributed by atoms with Gasteiger partial charge in [0.25, 0.3) is 0 Å². The number of nitrogens with zero attached hydrogens (tertiary/aromatic N) is 4. The summed E-state index contributed by atoms with van der Waals surface area (Å²) in [6, 6.07) is 3.44. The second-order valence-electron chi connectivity index (χ2n) is 9.54. The van der Waals surface area contributed by atoms with Gasteiger partial charge in [0.05, 0.1) is 11.9 Å². The summed E-state index contributed by atoms with van der Waals surface area (Å²) in [6.07, 6.45) is 6.85. The number of pyridine rings is 2. The highest BCUT2D eigenvalue weighted by atomic mass is 19.1. The van der Waals surface area contributed by atoms with Crippen molar-refractivity contribution in [1.82, 2.24) is 19.7 Å². The minimum atomic E-state index is -0.534. The Hall–Kier alpha value is -4.21. The van der Waals surface area contributed by atoms with Gasteiger partial charge >= 0.3 is 0 Å². The summed E-state index contributed by atoms with van der Waals surface area (Å²) in [5.41, 5.74) is 9.76. The molecule has 4 heterocycles. The van der Waals surface area contributed by atoms with Crippen LogP contribution in [0.2, 0.25) is 0 Å². The smallest absolute Gasteiger partial charge is 0.237 e. The van der Waals surface area contributed by atoms with Crippen LogP contribution in [0.25, 0.3) is 21.9 Å². The third-order valence-electron chi connectivity index (χ3n) is 7.28. The fraction of sp³-hybridized carbons (Fsp3) is 0.308. The molecule has 0 radical (unpaired) electrons. The van der Waals surface area contributed by atoms with Gasteiger partial charge in [-0.15, -0.1) is 0 Å². The lowest BCUT2D eigenvalue weighted by molar-refractivity contribution is -0.117. The van der Waals surface area contributed by atoms with Crippen LogP contribution in [0.4, 0.5) is 21.6 Å². The number of hydrogen-bond acceptors (Lipinski definition) is 7. The Morgan fingerprint density at radius 3 is 2.86 bits per heavy atom. The third-order valence-corrected chi connectivity index (χ3v) is 7.28. The number of rotatable bonds is 4. The van der Waals surface area contributed by atoms with Crippen molar-refractivity contribution in [3.05, 3.63) is 53.9 Å². The van der Waals surface area contributed by atoms with E-state index in [4.69, 9.17) is 10.5 Å². The lowest BCUT2D eigenvalue weighted by Gasteiger charge is -2.22. The fourth-order valence-corrected chi connectivity index (χ4v) is 5.25. The van der Waals surface area contributed by atoms with Gasteiger partial charge < -0.3 is 21.1 Å². The van der Waals surface area contributed by atoms with E-state index in [-0.39, 0.29) is 29.3 Å². The van der Waals surface area contributed by atoms with Crippen molar-refractivity contribution in [2.24, 2.45) is 18.9 Å². The molecule has 2 aliphatic rings. The SMILES string of the molecule is Cc1c(-c2cc3cc(NC(=O)C4[C@H](C)[C@H]4c4cnn(C)c4)ncc3c(N)c2F)cnc2c1NCCO2. The van der Waals surface area contributed by atoms with Crippen molar-refractivity contribution in [3.8, 4) is 17.0 Å². The molecule has 9 nitrogen and oxygen atoms in total. The Morgan fingerprint density at radius 1 is 1.25 bits per heavy atom. The molecule has 0 spiro atoms. The number of ether oxygens (including phenoxy) is 1. The number of aromatic nitrogens is 4. The van der Waals surface area contributed by atoms with E-state index in [9.17, 15) is 4.79 Å². The molecule has 0 saturated heterocycles. The normalized spacial score (nSPS) is 20.4. The quantitative estimate of drug-likeness (QED) is 0.374. The first kappa shape index (κ1) is 22.3. The Bertz CT molecular complexity index is 1530. The van der Waals surface area contributed by atoms with E-state index in [0.717, 1.165) is 16.8 Å². The number of amides is 1. The van der Waals surface area contributed by atoms with E-state index in [0.29, 0.717) is 46.7 Å². The molecular weight excluding hydrogens is 461 g/mol. The molecule has 10 heteroatoms. The molecular formula is C26H26FN7O2. The molecule has 1 fully saturated rings. The number of carbonyl (C=O) groups is 1. The van der Waals surface area contributed by atoms with E-state index < -0.39 is 5.82 Å². The van der Waals surface area contributed by atoms with Gasteiger partial charge in [-0.05, 0) is 41.5 Å². The molecule has 1 aromatic carbocycles. The van der Waals surface area contributed by atoms with Gasteiger partial charge in [-0.25, -0.2) is 14.4 Å². The monoisotopic (exact) mass is 487 g/mol. The minimum absolute atomic E-state index is 0.00154. The predicted molar refractivity (Wildman–Crippen MR) is 135 cm³/mol. The van der Waals surface area contributed by atoms with Crippen LogP contribution in [0.5, 0.6) is 5.88 Å². The van der Waals surface area contributed by atoms with Crippen molar-refractivity contribution in [2.75, 3.05) is 29.5 Å². The number of carbonyl (C=O) groups excluding carboxylic acids is 1. The van der Waals surface area contributed by atoms with E-state index in [1.165, 1.54) is 6.20 Å². The average Bonchev–Trinajstić information content (AvgIpc) is 3.36. The molecule has 184 valence electrons. The maximum absolute atomic E-state index is 15.4. The highest BCUT2D eigenvalue weighted by Gasteiger charge is 2.52. The number of nitrogens with two attached hydrogens (primary N) is 1. The van der Waals surface area contributed by atoms with E-state index >= 15 is 4.39 Å². The topological polar surface area (TPSA) is 120 Å². The number of fused-ring (bicyclic) bond motifs is 2. The lowest BCUT2D eigenvalue weighted by Crippen LogP contribution is -2.20. The number of nitrogen functional groups attached to an aromatic ring is 1. The van der Waals surface area contributed by atoms with Gasteiger partial charge in [-0.3, -0.25) is 9.48 Å². The summed E-state index contributed by atoms with van der Waals surface area (Å²) in [5, 5.41) is 11.6. The van der Waals surface area contributed by atoms with Gasteiger partial charge in [0.1, 0.15) is 18.1 Å². The van der Waals surface area contributed by atoms with E-state index in [2.05, 4.69) is 32.6 Å². The summed E-state index contributed by atoms with van der Waals surface area (Å²) in [4.78, 5) is 21.7. The third kappa shape index (κ3) is 3.52. The Balaban J connectivity index is 1.32. The standard InChI is InChI=1S/C26H26FN7O2/c1-12-17(9-31-26-24(12)29-4-5-36-26)16-6-14-7-19(30-10-18(14)23(28)22(16)27)33-25(35)21-13(2)20(21)15-8-32-34(3)11-15/h6-11,13,20-21,29H,4-5,28H2,1-3H3,(H,30,33,35)/t13-,20+,21?/m1/s1. The molecule has 1 amide bonds.